The predicted octanol–water partition coefficient (Wildman–Crippen LogP) is 0.544. The fourth-order valence-corrected chi connectivity index (χ4v) is 0.860. The van der Waals surface area contributed by atoms with E-state index in [4.69, 9.17) is 4.55 Å². The summed E-state index contributed by atoms with van der Waals surface area (Å²) in [6.07, 6.45) is 0.471. The van der Waals surface area contributed by atoms with Crippen molar-refractivity contribution in [2.75, 3.05) is 5.75 Å². The summed E-state index contributed by atoms with van der Waals surface area (Å²) in [7, 11) is -3.67. The first kappa shape index (κ1) is 16.5. The molecular weight excluding hydrogens is 219 g/mol. The van der Waals surface area contributed by atoms with Gasteiger partial charge in [0.25, 0.3) is 10.1 Å². The molecule has 0 unspecified atom stereocenters. The van der Waals surface area contributed by atoms with Crippen LogP contribution in [-0.2, 0) is 19.6 Å². The number of epoxide rings is 1. The molecule has 0 aromatic rings. The molecule has 78 valence electrons. The number of cyclic esters (lactones) is 1. The summed E-state index contributed by atoms with van der Waals surface area (Å²) in [5.74, 6) is -0.123. The van der Waals surface area contributed by atoms with E-state index in [1.165, 1.54) is 27.9 Å². The van der Waals surface area contributed by atoms with Crippen LogP contribution in [0.2, 0.25) is 4.17 Å². The number of ether oxygens (including phenoxy) is 1. The average Bonchev–Trinajstić information content (AvgIpc) is 2.67. The fraction of sp³-hybridized carbons (Fsp3) is 0.571. The molecule has 0 spiro atoms. The molecule has 1 N–H and O–H groups in total. The van der Waals surface area contributed by atoms with Crippen molar-refractivity contribution in [3.8, 4) is 0 Å². The van der Waals surface area contributed by atoms with Crippen LogP contribution in [0, 0.1) is 0 Å². The molecule has 0 aliphatic carbocycles. The van der Waals surface area contributed by atoms with E-state index in [-0.39, 0.29) is 17.5 Å². The zero-order chi connectivity index (χ0) is 11.8. The SMILES string of the molecule is C=C1OC1=O.CCCS(=O)(=O)O.[CH3][Na]. The van der Waals surface area contributed by atoms with E-state index >= 15 is 0 Å². The van der Waals surface area contributed by atoms with Crippen LogP contribution >= 0.6 is 0 Å². The van der Waals surface area contributed by atoms with Crippen molar-refractivity contribution >= 4 is 44.0 Å². The molecule has 1 aliphatic rings. The second kappa shape index (κ2) is 8.43. The van der Waals surface area contributed by atoms with Gasteiger partial charge in [-0.3, -0.25) is 4.55 Å². The van der Waals surface area contributed by atoms with E-state index in [1.54, 1.807) is 6.92 Å². The molecule has 0 bridgehead atoms. The summed E-state index contributed by atoms with van der Waals surface area (Å²) in [4.78, 5) is 9.56. The van der Waals surface area contributed by atoms with Crippen molar-refractivity contribution in [3.63, 3.8) is 0 Å². The van der Waals surface area contributed by atoms with Crippen molar-refractivity contribution in [1.82, 2.24) is 0 Å². The van der Waals surface area contributed by atoms with Crippen molar-refractivity contribution in [2.24, 2.45) is 0 Å². The Hall–Kier alpha value is 0.120. The Balaban J connectivity index is 0. The Labute approximate surface area is 102 Å². The Morgan fingerprint density at radius 1 is 1.50 bits per heavy atom. The van der Waals surface area contributed by atoms with Crippen LogP contribution in [0.25, 0.3) is 0 Å². The standard InChI is InChI=1S/C3H8O3S.C3H2O2.CH3.Na/c1-2-3-7(4,5)6;1-2-3(4)5-2;;/h2-3H2,1H3,(H,4,5,6);1H2;1H3;. The van der Waals surface area contributed by atoms with E-state index in [1.807, 2.05) is 0 Å². The minimum absolute atomic E-state index is 0.132. The number of hydrogen-bond donors (Lipinski definition) is 1. The first-order valence-corrected chi connectivity index (χ1v) is 7.84. The van der Waals surface area contributed by atoms with Gasteiger partial charge in [0.15, 0.2) is 0 Å². The van der Waals surface area contributed by atoms with E-state index in [0.29, 0.717) is 6.42 Å². The molecule has 0 saturated carbocycles. The summed E-state index contributed by atoms with van der Waals surface area (Å²) in [6, 6.07) is 0. The van der Waals surface area contributed by atoms with Gasteiger partial charge in [0, 0.05) is 0 Å². The first-order valence-electron chi connectivity index (χ1n) is 4.23. The number of rotatable bonds is 2. The molecule has 0 aromatic carbocycles. The number of hydrogen-bond acceptors (Lipinski definition) is 4. The van der Waals surface area contributed by atoms with E-state index in [2.05, 4.69) is 15.5 Å². The van der Waals surface area contributed by atoms with Gasteiger partial charge in [-0.15, -0.1) is 0 Å². The van der Waals surface area contributed by atoms with Gasteiger partial charge >= 0.3 is 38.1 Å². The van der Waals surface area contributed by atoms with E-state index in [0.717, 1.165) is 0 Å². The quantitative estimate of drug-likeness (QED) is 0.325. The fourth-order valence-electron chi connectivity index (χ4n) is 0.344. The van der Waals surface area contributed by atoms with Gasteiger partial charge in [-0.1, -0.05) is 6.92 Å². The molecular formula is C7H13NaO5S. The molecule has 0 amide bonds. The molecule has 5 nitrogen and oxygen atoms in total. The van der Waals surface area contributed by atoms with Gasteiger partial charge in [-0.05, 0) is 13.0 Å². The molecule has 1 aliphatic heterocycles. The zero-order valence-corrected chi connectivity index (χ0v) is 11.4. The van der Waals surface area contributed by atoms with Gasteiger partial charge in [0.05, 0.1) is 5.75 Å². The van der Waals surface area contributed by atoms with Gasteiger partial charge in [-0.25, -0.2) is 4.79 Å². The van der Waals surface area contributed by atoms with Crippen LogP contribution < -0.4 is 0 Å². The van der Waals surface area contributed by atoms with E-state index in [9.17, 15) is 13.2 Å². The summed E-state index contributed by atoms with van der Waals surface area (Å²) in [6.45, 7) is 4.86. The van der Waals surface area contributed by atoms with Crippen LogP contribution in [0.5, 0.6) is 0 Å². The molecule has 1 saturated heterocycles. The van der Waals surface area contributed by atoms with Crippen molar-refractivity contribution < 1.29 is 22.5 Å². The van der Waals surface area contributed by atoms with Crippen molar-refractivity contribution in [3.05, 3.63) is 12.3 Å². The predicted molar refractivity (Wildman–Crippen MR) is 53.6 cm³/mol. The Morgan fingerprint density at radius 2 is 1.79 bits per heavy atom. The molecule has 14 heavy (non-hydrogen) atoms. The summed E-state index contributed by atoms with van der Waals surface area (Å²) in [5.41, 5.74) is 0. The third-order valence-corrected chi connectivity index (χ3v) is 1.79. The maximum atomic E-state index is 9.79. The Morgan fingerprint density at radius 3 is 1.79 bits per heavy atom. The van der Waals surface area contributed by atoms with Crippen LogP contribution in [0.1, 0.15) is 13.3 Å². The number of carbonyl (C=O) groups is 1. The zero-order valence-electron chi connectivity index (χ0n) is 8.61. The van der Waals surface area contributed by atoms with E-state index < -0.39 is 10.1 Å². The molecule has 1 rings (SSSR count). The first-order chi connectivity index (χ1) is 6.37. The topological polar surface area (TPSA) is 84.0 Å². The summed E-state index contributed by atoms with van der Waals surface area (Å²) >= 11 is 1.31. The monoisotopic (exact) mass is 232 g/mol. The van der Waals surface area contributed by atoms with Crippen LogP contribution in [0.4, 0.5) is 0 Å². The molecule has 1 fully saturated rings. The summed E-state index contributed by atoms with van der Waals surface area (Å²) in [5, 5.41) is 0. The van der Waals surface area contributed by atoms with Gasteiger partial charge < -0.3 is 4.74 Å². The second-order valence-corrected chi connectivity index (χ2v) is 3.67. The maximum absolute atomic E-state index is 9.79. The van der Waals surface area contributed by atoms with Gasteiger partial charge in [0.1, 0.15) is 0 Å². The minimum atomic E-state index is -3.67. The van der Waals surface area contributed by atoms with Crippen molar-refractivity contribution in [2.45, 2.75) is 17.5 Å². The van der Waals surface area contributed by atoms with Gasteiger partial charge in [0.2, 0.25) is 5.76 Å². The van der Waals surface area contributed by atoms with Crippen LogP contribution in [0.15, 0.2) is 12.3 Å². The molecule has 0 radical (unpaired) electrons. The third kappa shape index (κ3) is 14.6. The van der Waals surface area contributed by atoms with Crippen molar-refractivity contribution in [1.29, 1.82) is 0 Å². The molecule has 1 heterocycles. The third-order valence-electron chi connectivity index (χ3n) is 0.864. The second-order valence-electron chi connectivity index (χ2n) is 2.10. The molecule has 7 heteroatoms. The molecule has 0 aromatic heterocycles. The Kier molecular flexibility index (Phi) is 9.96. The summed E-state index contributed by atoms with van der Waals surface area (Å²) < 4.78 is 33.8. The number of carbonyl (C=O) groups excluding carboxylic acids is 1. The van der Waals surface area contributed by atoms with Crippen LogP contribution in [0.3, 0.4) is 0 Å². The average molecular weight is 232 g/mol. The molecule has 0 atom stereocenters. The normalized spacial score (nSPS) is 12.9. The van der Waals surface area contributed by atoms with Gasteiger partial charge in [-0.2, -0.15) is 8.42 Å². The Bertz CT molecular complexity index is 270. The van der Waals surface area contributed by atoms with Crippen LogP contribution in [-0.4, -0.2) is 52.6 Å².